The molecule has 0 bridgehead atoms. The zero-order valence-corrected chi connectivity index (χ0v) is 17.1. The van der Waals surface area contributed by atoms with E-state index in [-0.39, 0.29) is 0 Å². The van der Waals surface area contributed by atoms with E-state index >= 15 is 0 Å². The number of hydrogen-bond donors (Lipinski definition) is 1. The molecule has 5 aromatic rings. The Labute approximate surface area is 179 Å². The number of hydrogen-bond acceptors (Lipinski definition) is 5. The predicted octanol–water partition coefficient (Wildman–Crippen LogP) is 7.12. The first-order valence-electron chi connectivity index (χ1n) is 8.72. The highest BCUT2D eigenvalue weighted by molar-refractivity contribution is 7.14. The van der Waals surface area contributed by atoms with Gasteiger partial charge in [-0.2, -0.15) is 0 Å². The Bertz CT molecular complexity index is 1440. The number of aromatic nitrogens is 1. The number of fused-ring (bicyclic) bond motifs is 3. The van der Waals surface area contributed by atoms with Crippen LogP contribution in [0.1, 0.15) is 0 Å². The van der Waals surface area contributed by atoms with Gasteiger partial charge in [-0.3, -0.25) is 0 Å². The molecular weight excluding hydrogens is 427 g/mol. The molecule has 142 valence electrons. The highest BCUT2D eigenvalue weighted by Gasteiger charge is 2.14. The molecule has 29 heavy (non-hydrogen) atoms. The van der Waals surface area contributed by atoms with Gasteiger partial charge in [0, 0.05) is 15.8 Å². The molecule has 0 radical (unpaired) electrons. The van der Waals surface area contributed by atoms with Crippen LogP contribution >= 0.6 is 34.5 Å². The van der Waals surface area contributed by atoms with Crippen molar-refractivity contribution in [1.29, 1.82) is 0 Å². The van der Waals surface area contributed by atoms with Gasteiger partial charge in [0.1, 0.15) is 5.58 Å². The second-order valence-electron chi connectivity index (χ2n) is 6.43. The molecule has 2 heterocycles. The number of thiazole rings is 1. The Morgan fingerprint density at radius 2 is 1.83 bits per heavy atom. The van der Waals surface area contributed by atoms with Crippen molar-refractivity contribution >= 4 is 67.1 Å². The summed E-state index contributed by atoms with van der Waals surface area (Å²) >= 11 is 13.5. The van der Waals surface area contributed by atoms with Crippen molar-refractivity contribution in [2.75, 3.05) is 5.32 Å². The van der Waals surface area contributed by atoms with Crippen LogP contribution in [0.15, 0.2) is 75.3 Å². The lowest BCUT2D eigenvalue weighted by Gasteiger charge is -2.05. The van der Waals surface area contributed by atoms with E-state index in [0.29, 0.717) is 37.7 Å². The van der Waals surface area contributed by atoms with Crippen molar-refractivity contribution < 1.29 is 4.42 Å². The summed E-state index contributed by atoms with van der Waals surface area (Å²) in [5.41, 5.74) is 1.79. The molecule has 0 spiro atoms. The lowest BCUT2D eigenvalue weighted by atomic mass is 10.0. The van der Waals surface area contributed by atoms with Crippen LogP contribution in [0.2, 0.25) is 10.0 Å². The molecule has 7 heteroatoms. The molecule has 0 saturated heterocycles. The summed E-state index contributed by atoms with van der Waals surface area (Å²) < 4.78 is 5.57. The number of nitrogens with zero attached hydrogens (tertiary/aromatic N) is 1. The first kappa shape index (κ1) is 18.2. The van der Waals surface area contributed by atoms with Gasteiger partial charge in [-0.1, -0.05) is 53.5 Å². The molecule has 0 atom stereocenters. The van der Waals surface area contributed by atoms with Crippen LogP contribution in [0.3, 0.4) is 0 Å². The van der Waals surface area contributed by atoms with Crippen molar-refractivity contribution in [1.82, 2.24) is 4.98 Å². The number of halogens is 2. The molecule has 5 rings (SSSR count). The minimum Gasteiger partial charge on any atom is -0.422 e. The van der Waals surface area contributed by atoms with Gasteiger partial charge in [-0.25, -0.2) is 9.78 Å². The van der Waals surface area contributed by atoms with Gasteiger partial charge in [0.05, 0.1) is 22.0 Å². The van der Waals surface area contributed by atoms with Crippen LogP contribution in [-0.4, -0.2) is 4.98 Å². The standard InChI is InChI=1S/C22H12Cl2N2O2S/c23-13-6-7-18(17(24)9-13)25-22-26-19(11-29-22)16-10-15-14-4-2-1-3-12(14)5-8-20(15)28-21(16)27/h1-11H,(H,25,26). The van der Waals surface area contributed by atoms with Crippen molar-refractivity contribution in [3.8, 4) is 11.3 Å². The zero-order valence-electron chi connectivity index (χ0n) is 14.8. The molecule has 2 aromatic heterocycles. The molecule has 0 saturated carbocycles. The number of rotatable bonds is 3. The predicted molar refractivity (Wildman–Crippen MR) is 121 cm³/mol. The molecular formula is C22H12Cl2N2O2S. The second-order valence-corrected chi connectivity index (χ2v) is 8.13. The van der Waals surface area contributed by atoms with E-state index in [9.17, 15) is 4.79 Å². The molecule has 4 nitrogen and oxygen atoms in total. The Hall–Kier alpha value is -2.86. The highest BCUT2D eigenvalue weighted by atomic mass is 35.5. The first-order valence-corrected chi connectivity index (χ1v) is 10.4. The lowest BCUT2D eigenvalue weighted by molar-refractivity contribution is 0.563. The summed E-state index contributed by atoms with van der Waals surface area (Å²) in [6, 6.07) is 18.8. The van der Waals surface area contributed by atoms with Crippen LogP contribution in [0.4, 0.5) is 10.8 Å². The van der Waals surface area contributed by atoms with Crippen LogP contribution < -0.4 is 10.9 Å². The quantitative estimate of drug-likeness (QED) is 0.240. The summed E-state index contributed by atoms with van der Waals surface area (Å²) in [5.74, 6) is 0. The summed E-state index contributed by atoms with van der Waals surface area (Å²) in [6.45, 7) is 0. The van der Waals surface area contributed by atoms with Gasteiger partial charge in [-0.05, 0) is 41.1 Å². The van der Waals surface area contributed by atoms with Crippen molar-refractivity contribution in [2.24, 2.45) is 0 Å². The van der Waals surface area contributed by atoms with E-state index in [4.69, 9.17) is 27.6 Å². The van der Waals surface area contributed by atoms with Crippen molar-refractivity contribution in [3.05, 3.63) is 86.5 Å². The molecule has 0 fully saturated rings. The SMILES string of the molecule is O=c1oc2ccc3ccccc3c2cc1-c1csc(Nc2ccc(Cl)cc2Cl)n1. The maximum absolute atomic E-state index is 12.6. The third kappa shape index (κ3) is 3.38. The summed E-state index contributed by atoms with van der Waals surface area (Å²) in [4.78, 5) is 17.1. The highest BCUT2D eigenvalue weighted by Crippen LogP contribution is 2.32. The van der Waals surface area contributed by atoms with E-state index in [2.05, 4.69) is 10.3 Å². The average molecular weight is 439 g/mol. The minimum absolute atomic E-state index is 0.417. The Balaban J connectivity index is 1.58. The lowest BCUT2D eigenvalue weighted by Crippen LogP contribution is -2.03. The van der Waals surface area contributed by atoms with E-state index in [1.54, 1.807) is 18.2 Å². The third-order valence-corrected chi connectivity index (χ3v) is 5.90. The van der Waals surface area contributed by atoms with Crippen LogP contribution in [0.25, 0.3) is 33.0 Å². The van der Waals surface area contributed by atoms with Crippen molar-refractivity contribution in [2.45, 2.75) is 0 Å². The van der Waals surface area contributed by atoms with E-state index in [1.807, 2.05) is 47.8 Å². The van der Waals surface area contributed by atoms with Gasteiger partial charge in [-0.15, -0.1) is 11.3 Å². The summed E-state index contributed by atoms with van der Waals surface area (Å²) in [6.07, 6.45) is 0. The molecule has 1 N–H and O–H groups in total. The van der Waals surface area contributed by atoms with Gasteiger partial charge < -0.3 is 9.73 Å². The van der Waals surface area contributed by atoms with E-state index in [0.717, 1.165) is 16.2 Å². The topological polar surface area (TPSA) is 55.1 Å². The fourth-order valence-corrected chi connectivity index (χ4v) is 4.39. The molecule has 0 unspecified atom stereocenters. The third-order valence-electron chi connectivity index (χ3n) is 4.59. The maximum atomic E-state index is 12.6. The number of anilines is 2. The van der Waals surface area contributed by atoms with Gasteiger partial charge in [0.25, 0.3) is 0 Å². The van der Waals surface area contributed by atoms with Crippen LogP contribution in [-0.2, 0) is 0 Å². The van der Waals surface area contributed by atoms with Gasteiger partial charge in [0.15, 0.2) is 5.13 Å². The van der Waals surface area contributed by atoms with Gasteiger partial charge in [0.2, 0.25) is 0 Å². The first-order chi connectivity index (χ1) is 14.1. The summed E-state index contributed by atoms with van der Waals surface area (Å²) in [5, 5.41) is 9.62. The molecule has 0 aliphatic rings. The minimum atomic E-state index is -0.422. The largest absolute Gasteiger partial charge is 0.422 e. The maximum Gasteiger partial charge on any atom is 0.345 e. The zero-order chi connectivity index (χ0) is 20.0. The van der Waals surface area contributed by atoms with Crippen LogP contribution in [0.5, 0.6) is 0 Å². The molecule has 0 aliphatic carbocycles. The number of benzene rings is 3. The fourth-order valence-electron chi connectivity index (χ4n) is 3.21. The normalized spacial score (nSPS) is 11.2. The Kier molecular flexibility index (Phi) is 4.51. The molecule has 0 amide bonds. The smallest absolute Gasteiger partial charge is 0.345 e. The molecule has 0 aliphatic heterocycles. The summed E-state index contributed by atoms with van der Waals surface area (Å²) in [7, 11) is 0. The average Bonchev–Trinajstić information content (AvgIpc) is 3.18. The second kappa shape index (κ2) is 7.19. The van der Waals surface area contributed by atoms with Gasteiger partial charge >= 0.3 is 5.63 Å². The Morgan fingerprint density at radius 1 is 0.966 bits per heavy atom. The molecule has 3 aromatic carbocycles. The monoisotopic (exact) mass is 438 g/mol. The van der Waals surface area contributed by atoms with E-state index < -0.39 is 5.63 Å². The van der Waals surface area contributed by atoms with Crippen molar-refractivity contribution in [3.63, 3.8) is 0 Å². The van der Waals surface area contributed by atoms with E-state index in [1.165, 1.54) is 11.3 Å². The number of nitrogens with one attached hydrogen (secondary N) is 1. The fraction of sp³-hybridized carbons (Fsp3) is 0. The van der Waals surface area contributed by atoms with Crippen LogP contribution in [0, 0.1) is 0 Å². The Morgan fingerprint density at radius 3 is 2.69 bits per heavy atom.